The largest absolute Gasteiger partial charge is 0.377 e. The second-order valence-corrected chi connectivity index (χ2v) is 5.66. The molecule has 2 heteroatoms. The molecule has 1 aromatic rings. The zero-order valence-corrected chi connectivity index (χ0v) is 12.8. The van der Waals surface area contributed by atoms with Crippen LogP contribution in [-0.4, -0.2) is 6.61 Å². The van der Waals surface area contributed by atoms with Gasteiger partial charge in [0.2, 0.25) is 0 Å². The van der Waals surface area contributed by atoms with Crippen molar-refractivity contribution >= 4 is 22.6 Å². The summed E-state index contributed by atoms with van der Waals surface area (Å²) < 4.78 is 7.12. The predicted octanol–water partition coefficient (Wildman–Crippen LogP) is 4.96. The van der Waals surface area contributed by atoms with Crippen LogP contribution < -0.4 is 0 Å². The summed E-state index contributed by atoms with van der Waals surface area (Å²) in [5.41, 5.74) is 1.25. The van der Waals surface area contributed by atoms with Crippen molar-refractivity contribution in [2.75, 3.05) is 6.61 Å². The molecule has 0 saturated carbocycles. The van der Waals surface area contributed by atoms with Gasteiger partial charge in [0.25, 0.3) is 0 Å². The Balaban J connectivity index is 2.16. The van der Waals surface area contributed by atoms with E-state index in [2.05, 4.69) is 54.6 Å². The van der Waals surface area contributed by atoms with Crippen LogP contribution in [0.3, 0.4) is 0 Å². The van der Waals surface area contributed by atoms with Crippen molar-refractivity contribution < 1.29 is 4.74 Å². The molecule has 0 bridgehead atoms. The van der Waals surface area contributed by atoms with Crippen LogP contribution in [0.25, 0.3) is 0 Å². The van der Waals surface area contributed by atoms with Gasteiger partial charge in [-0.2, -0.15) is 0 Å². The molecule has 0 unspecified atom stereocenters. The fourth-order valence-corrected chi connectivity index (χ4v) is 2.16. The van der Waals surface area contributed by atoms with Crippen LogP contribution in [0.15, 0.2) is 40.0 Å². The second kappa shape index (κ2) is 8.70. The Labute approximate surface area is 118 Å². The van der Waals surface area contributed by atoms with Crippen molar-refractivity contribution in [1.82, 2.24) is 0 Å². The van der Waals surface area contributed by atoms with E-state index in [9.17, 15) is 0 Å². The number of rotatable bonds is 7. The van der Waals surface area contributed by atoms with Crippen LogP contribution >= 0.6 is 22.6 Å². The number of ether oxygens (including phenoxy) is 1. The number of hydrogen-bond acceptors (Lipinski definition) is 1. The van der Waals surface area contributed by atoms with Gasteiger partial charge < -0.3 is 4.74 Å². The maximum Gasteiger partial charge on any atom is 0.0716 e. The summed E-state index contributed by atoms with van der Waals surface area (Å²) >= 11 is 2.41. The average Bonchev–Trinajstić information content (AvgIpc) is 2.36. The molecule has 0 spiro atoms. The minimum atomic E-state index is 0.609. The van der Waals surface area contributed by atoms with Crippen LogP contribution in [0.2, 0.25) is 0 Å². The number of halogens is 1. The van der Waals surface area contributed by atoms with E-state index in [1.54, 1.807) is 0 Å². The number of allylic oxidation sites excluding steroid dienone is 2. The molecule has 0 aliphatic heterocycles. The molecule has 1 nitrogen and oxygen atoms in total. The molecule has 0 amide bonds. The Morgan fingerprint density at radius 2 is 2.06 bits per heavy atom. The fourth-order valence-electron chi connectivity index (χ4n) is 1.54. The molecule has 0 N–H and O–H groups in total. The van der Waals surface area contributed by atoms with Gasteiger partial charge in [0, 0.05) is 6.61 Å². The lowest BCUT2D eigenvalue weighted by atomic mass is 10.1. The Morgan fingerprint density at radius 1 is 1.35 bits per heavy atom. The van der Waals surface area contributed by atoms with E-state index >= 15 is 0 Å². The molecule has 0 aliphatic rings. The lowest BCUT2D eigenvalue weighted by Gasteiger charge is -2.08. The summed E-state index contributed by atoms with van der Waals surface area (Å²) in [6.45, 7) is 6.00. The zero-order valence-electron chi connectivity index (χ0n) is 10.7. The summed E-state index contributed by atoms with van der Waals surface area (Å²) in [4.78, 5) is 0. The topological polar surface area (TPSA) is 9.23 Å². The summed E-state index contributed by atoms with van der Waals surface area (Å²) in [7, 11) is 0. The zero-order chi connectivity index (χ0) is 12.5. The first-order chi connectivity index (χ1) is 8.22. The van der Waals surface area contributed by atoms with Crippen LogP contribution in [0.1, 0.15) is 32.3 Å². The number of hydrogen-bond donors (Lipinski definition) is 0. The first-order valence-electron chi connectivity index (χ1n) is 6.20. The SMILES string of the molecule is CC/C(I)=C/[C@H](C)CCOCc1ccccc1. The van der Waals surface area contributed by atoms with Crippen molar-refractivity contribution in [2.45, 2.75) is 33.3 Å². The molecule has 0 aromatic heterocycles. The van der Waals surface area contributed by atoms with Gasteiger partial charge in [-0.3, -0.25) is 0 Å². The highest BCUT2D eigenvalue weighted by molar-refractivity contribution is 14.1. The third-order valence-corrected chi connectivity index (χ3v) is 3.75. The van der Waals surface area contributed by atoms with Gasteiger partial charge in [0.1, 0.15) is 0 Å². The minimum absolute atomic E-state index is 0.609. The molecule has 0 aliphatic carbocycles. The van der Waals surface area contributed by atoms with Gasteiger partial charge >= 0.3 is 0 Å². The maximum absolute atomic E-state index is 5.67. The molecular formula is C15H21IO. The van der Waals surface area contributed by atoms with Gasteiger partial charge in [0.15, 0.2) is 0 Å². The Bertz CT molecular complexity index is 332. The molecule has 94 valence electrons. The van der Waals surface area contributed by atoms with Gasteiger partial charge in [-0.05, 0) is 50.5 Å². The van der Waals surface area contributed by atoms with E-state index in [-0.39, 0.29) is 0 Å². The van der Waals surface area contributed by atoms with E-state index in [1.807, 2.05) is 18.2 Å². The first kappa shape index (κ1) is 14.7. The highest BCUT2D eigenvalue weighted by Gasteiger charge is 1.99. The molecule has 0 heterocycles. The molecule has 0 fully saturated rings. The normalized spacial score (nSPS) is 13.7. The molecule has 1 atom stereocenters. The highest BCUT2D eigenvalue weighted by Crippen LogP contribution is 2.16. The van der Waals surface area contributed by atoms with E-state index in [1.165, 1.54) is 9.14 Å². The third-order valence-electron chi connectivity index (χ3n) is 2.63. The van der Waals surface area contributed by atoms with Gasteiger partial charge in [-0.25, -0.2) is 0 Å². The average molecular weight is 344 g/mol. The molecule has 1 aromatic carbocycles. The smallest absolute Gasteiger partial charge is 0.0716 e. The lowest BCUT2D eigenvalue weighted by molar-refractivity contribution is 0.113. The molecular weight excluding hydrogens is 323 g/mol. The number of benzene rings is 1. The van der Waals surface area contributed by atoms with Crippen molar-refractivity contribution in [2.24, 2.45) is 5.92 Å². The van der Waals surface area contributed by atoms with Gasteiger partial charge in [-0.1, -0.05) is 50.3 Å². The van der Waals surface area contributed by atoms with Crippen LogP contribution in [0.4, 0.5) is 0 Å². The molecule has 0 radical (unpaired) electrons. The van der Waals surface area contributed by atoms with Gasteiger partial charge in [0.05, 0.1) is 6.61 Å². The summed E-state index contributed by atoms with van der Waals surface area (Å²) in [5.74, 6) is 0.609. The first-order valence-corrected chi connectivity index (χ1v) is 7.28. The molecule has 0 saturated heterocycles. The Kier molecular flexibility index (Phi) is 7.53. The highest BCUT2D eigenvalue weighted by atomic mass is 127. The van der Waals surface area contributed by atoms with Crippen LogP contribution in [0.5, 0.6) is 0 Å². The van der Waals surface area contributed by atoms with E-state index in [0.29, 0.717) is 5.92 Å². The minimum Gasteiger partial charge on any atom is -0.377 e. The van der Waals surface area contributed by atoms with Crippen molar-refractivity contribution in [3.8, 4) is 0 Å². The summed E-state index contributed by atoms with van der Waals surface area (Å²) in [5, 5.41) is 0. The van der Waals surface area contributed by atoms with E-state index in [4.69, 9.17) is 4.74 Å². The second-order valence-electron chi connectivity index (χ2n) is 4.27. The fraction of sp³-hybridized carbons (Fsp3) is 0.467. The van der Waals surface area contributed by atoms with E-state index in [0.717, 1.165) is 26.1 Å². The molecule has 17 heavy (non-hydrogen) atoms. The Morgan fingerprint density at radius 3 is 2.71 bits per heavy atom. The monoisotopic (exact) mass is 344 g/mol. The lowest BCUT2D eigenvalue weighted by Crippen LogP contribution is -2.00. The Hall–Kier alpha value is -0.350. The summed E-state index contributed by atoms with van der Waals surface area (Å²) in [6.07, 6.45) is 4.57. The predicted molar refractivity (Wildman–Crippen MR) is 82.3 cm³/mol. The van der Waals surface area contributed by atoms with Gasteiger partial charge in [-0.15, -0.1) is 0 Å². The van der Waals surface area contributed by atoms with E-state index < -0.39 is 0 Å². The van der Waals surface area contributed by atoms with Crippen molar-refractivity contribution in [3.05, 3.63) is 45.6 Å². The quantitative estimate of drug-likeness (QED) is 0.502. The van der Waals surface area contributed by atoms with Crippen LogP contribution in [0, 0.1) is 5.92 Å². The summed E-state index contributed by atoms with van der Waals surface area (Å²) in [6, 6.07) is 10.3. The van der Waals surface area contributed by atoms with Crippen molar-refractivity contribution in [3.63, 3.8) is 0 Å². The standard InChI is InChI=1S/C15H21IO/c1-3-15(16)11-13(2)9-10-17-12-14-7-5-4-6-8-14/h4-8,11,13H,3,9-10,12H2,1-2H3/b15-11-/t13-/m1/s1. The maximum atomic E-state index is 5.67. The van der Waals surface area contributed by atoms with Crippen LogP contribution in [-0.2, 0) is 11.3 Å². The molecule has 1 rings (SSSR count). The van der Waals surface area contributed by atoms with Crippen molar-refractivity contribution in [1.29, 1.82) is 0 Å². The third kappa shape index (κ3) is 6.84.